The summed E-state index contributed by atoms with van der Waals surface area (Å²) in [5.41, 5.74) is 0.872. The van der Waals surface area contributed by atoms with Gasteiger partial charge >= 0.3 is 6.09 Å². The highest BCUT2D eigenvalue weighted by atomic mass is 16.6. The van der Waals surface area contributed by atoms with Crippen molar-refractivity contribution in [2.45, 2.75) is 25.7 Å². The van der Waals surface area contributed by atoms with Crippen molar-refractivity contribution in [1.29, 1.82) is 0 Å². The summed E-state index contributed by atoms with van der Waals surface area (Å²) in [4.78, 5) is 35.0. The molecule has 0 spiro atoms. The maximum absolute atomic E-state index is 11.5. The quantitative estimate of drug-likeness (QED) is 0.817. The number of piperidine rings is 1. The van der Waals surface area contributed by atoms with Gasteiger partial charge in [0.25, 0.3) is 0 Å². The maximum atomic E-state index is 11.5. The van der Waals surface area contributed by atoms with E-state index in [2.05, 4.69) is 9.97 Å². The average molecular weight is 290 g/mol. The molecule has 2 saturated heterocycles. The second kappa shape index (κ2) is 5.67. The molecule has 7 nitrogen and oxygen atoms in total. The molecular formula is C14H18N4O3. The number of cyclic esters (lactones) is 1. The Bertz CT molecular complexity index is 546. The number of anilines is 1. The second-order valence-corrected chi connectivity index (χ2v) is 5.37. The van der Waals surface area contributed by atoms with Gasteiger partial charge in [-0.15, -0.1) is 0 Å². The molecule has 21 heavy (non-hydrogen) atoms. The van der Waals surface area contributed by atoms with Gasteiger partial charge in [-0.05, 0) is 12.8 Å². The number of hydrogen-bond acceptors (Lipinski definition) is 5. The first-order chi connectivity index (χ1) is 10.1. The lowest BCUT2D eigenvalue weighted by Crippen LogP contribution is -2.37. The van der Waals surface area contributed by atoms with Gasteiger partial charge in [0.1, 0.15) is 6.61 Å². The Morgan fingerprint density at radius 3 is 2.81 bits per heavy atom. The number of aromatic nitrogens is 2. The van der Waals surface area contributed by atoms with Crippen LogP contribution in [0.2, 0.25) is 0 Å². The number of amides is 2. The molecule has 7 heteroatoms. The predicted molar refractivity (Wildman–Crippen MR) is 75.0 cm³/mol. The fraction of sp³-hybridized carbons (Fsp3) is 0.571. The van der Waals surface area contributed by atoms with Crippen LogP contribution in [0.4, 0.5) is 10.6 Å². The van der Waals surface area contributed by atoms with E-state index in [9.17, 15) is 9.59 Å². The van der Waals surface area contributed by atoms with Gasteiger partial charge in [0.05, 0.1) is 24.6 Å². The van der Waals surface area contributed by atoms with Gasteiger partial charge < -0.3 is 9.64 Å². The smallest absolute Gasteiger partial charge is 0.415 e. The normalized spacial score (nSPS) is 22.3. The van der Waals surface area contributed by atoms with Crippen molar-refractivity contribution >= 4 is 17.8 Å². The summed E-state index contributed by atoms with van der Waals surface area (Å²) in [6, 6.07) is 0. The number of rotatable bonds is 2. The molecule has 3 heterocycles. The van der Waals surface area contributed by atoms with Gasteiger partial charge in [-0.3, -0.25) is 14.7 Å². The van der Waals surface area contributed by atoms with Gasteiger partial charge in [0.15, 0.2) is 5.82 Å². The third-order valence-corrected chi connectivity index (χ3v) is 3.98. The van der Waals surface area contributed by atoms with E-state index in [-0.39, 0.29) is 17.9 Å². The van der Waals surface area contributed by atoms with E-state index in [1.54, 1.807) is 19.3 Å². The third kappa shape index (κ3) is 2.81. The van der Waals surface area contributed by atoms with Crippen molar-refractivity contribution in [1.82, 2.24) is 14.9 Å². The molecule has 2 fully saturated rings. The van der Waals surface area contributed by atoms with E-state index in [1.165, 1.54) is 4.90 Å². The highest BCUT2D eigenvalue weighted by molar-refractivity contribution is 5.87. The number of carbonyl (C=O) groups excluding carboxylic acids is 2. The lowest BCUT2D eigenvalue weighted by molar-refractivity contribution is -0.130. The number of hydrogen-bond donors (Lipinski definition) is 0. The zero-order valence-electron chi connectivity index (χ0n) is 12.0. The van der Waals surface area contributed by atoms with Crippen LogP contribution in [0.3, 0.4) is 0 Å². The minimum atomic E-state index is -0.377. The molecule has 1 atom stereocenters. The Labute approximate surface area is 122 Å². The van der Waals surface area contributed by atoms with Crippen LogP contribution in [0.15, 0.2) is 12.4 Å². The number of ether oxygens (including phenoxy) is 1. The van der Waals surface area contributed by atoms with Crippen LogP contribution >= 0.6 is 0 Å². The average Bonchev–Trinajstić information content (AvgIpc) is 2.94. The summed E-state index contributed by atoms with van der Waals surface area (Å²) in [6.07, 6.45) is 4.91. The zero-order chi connectivity index (χ0) is 14.8. The molecule has 2 aliphatic rings. The molecule has 2 aliphatic heterocycles. The first kappa shape index (κ1) is 13.8. The summed E-state index contributed by atoms with van der Waals surface area (Å²) in [6.45, 7) is 4.00. The van der Waals surface area contributed by atoms with Crippen molar-refractivity contribution < 1.29 is 14.3 Å². The number of carbonyl (C=O) groups is 2. The standard InChI is InChI=1S/C14H18N4O3/c1-10(19)17-4-2-3-11(9-17)12-7-16-13(8-15-12)18-5-6-21-14(18)20/h7-8,11H,2-6,9H2,1H3. The van der Waals surface area contributed by atoms with E-state index < -0.39 is 0 Å². The van der Waals surface area contributed by atoms with Crippen LogP contribution in [-0.4, -0.2) is 53.1 Å². The van der Waals surface area contributed by atoms with Gasteiger partial charge in [0, 0.05) is 25.9 Å². The minimum Gasteiger partial charge on any atom is -0.447 e. The second-order valence-electron chi connectivity index (χ2n) is 5.37. The zero-order valence-corrected chi connectivity index (χ0v) is 12.0. The predicted octanol–water partition coefficient (Wildman–Crippen LogP) is 1.16. The Morgan fingerprint density at radius 2 is 2.19 bits per heavy atom. The molecule has 0 N–H and O–H groups in total. The summed E-state index contributed by atoms with van der Waals surface area (Å²) >= 11 is 0. The van der Waals surface area contributed by atoms with Gasteiger partial charge in [0.2, 0.25) is 5.91 Å². The summed E-state index contributed by atoms with van der Waals surface area (Å²) in [7, 11) is 0. The first-order valence-electron chi connectivity index (χ1n) is 7.17. The Kier molecular flexibility index (Phi) is 3.72. The molecule has 1 aromatic rings. The molecule has 2 amide bonds. The van der Waals surface area contributed by atoms with E-state index in [4.69, 9.17) is 4.74 Å². The van der Waals surface area contributed by atoms with Crippen molar-refractivity contribution in [2.75, 3.05) is 31.1 Å². The number of likely N-dealkylation sites (tertiary alicyclic amines) is 1. The molecule has 0 saturated carbocycles. The van der Waals surface area contributed by atoms with Crippen LogP contribution in [0.1, 0.15) is 31.4 Å². The van der Waals surface area contributed by atoms with E-state index in [0.29, 0.717) is 25.5 Å². The lowest BCUT2D eigenvalue weighted by atomic mass is 9.95. The van der Waals surface area contributed by atoms with Crippen molar-refractivity contribution in [3.63, 3.8) is 0 Å². The van der Waals surface area contributed by atoms with E-state index in [1.807, 2.05) is 4.90 Å². The Balaban J connectivity index is 1.71. The monoisotopic (exact) mass is 290 g/mol. The SMILES string of the molecule is CC(=O)N1CCCC(c2cnc(N3CCOC3=O)cn2)C1. The molecule has 0 radical (unpaired) electrons. The highest BCUT2D eigenvalue weighted by Gasteiger charge is 2.27. The number of nitrogens with zero attached hydrogens (tertiary/aromatic N) is 4. The molecular weight excluding hydrogens is 272 g/mol. The van der Waals surface area contributed by atoms with Crippen molar-refractivity contribution in [3.05, 3.63) is 18.1 Å². The molecule has 112 valence electrons. The van der Waals surface area contributed by atoms with Crippen LogP contribution in [0, 0.1) is 0 Å². The van der Waals surface area contributed by atoms with Crippen molar-refractivity contribution in [2.24, 2.45) is 0 Å². The highest BCUT2D eigenvalue weighted by Crippen LogP contribution is 2.26. The van der Waals surface area contributed by atoms with Gasteiger partial charge in [-0.1, -0.05) is 0 Å². The molecule has 0 bridgehead atoms. The molecule has 0 aliphatic carbocycles. The van der Waals surface area contributed by atoms with Crippen LogP contribution < -0.4 is 4.90 Å². The summed E-state index contributed by atoms with van der Waals surface area (Å²) in [5, 5.41) is 0. The molecule has 0 aromatic carbocycles. The Hall–Kier alpha value is -2.18. The first-order valence-corrected chi connectivity index (χ1v) is 7.17. The van der Waals surface area contributed by atoms with Crippen LogP contribution in [-0.2, 0) is 9.53 Å². The third-order valence-electron chi connectivity index (χ3n) is 3.98. The maximum Gasteiger partial charge on any atom is 0.415 e. The van der Waals surface area contributed by atoms with Crippen LogP contribution in [0.25, 0.3) is 0 Å². The fourth-order valence-corrected chi connectivity index (χ4v) is 2.79. The topological polar surface area (TPSA) is 75.6 Å². The largest absolute Gasteiger partial charge is 0.447 e. The van der Waals surface area contributed by atoms with E-state index >= 15 is 0 Å². The minimum absolute atomic E-state index is 0.101. The van der Waals surface area contributed by atoms with Crippen molar-refractivity contribution in [3.8, 4) is 0 Å². The fourth-order valence-electron chi connectivity index (χ4n) is 2.79. The van der Waals surface area contributed by atoms with E-state index in [0.717, 1.165) is 25.1 Å². The van der Waals surface area contributed by atoms with Gasteiger partial charge in [-0.2, -0.15) is 0 Å². The Morgan fingerprint density at radius 1 is 1.33 bits per heavy atom. The van der Waals surface area contributed by atoms with Gasteiger partial charge in [-0.25, -0.2) is 9.78 Å². The summed E-state index contributed by atoms with van der Waals surface area (Å²) < 4.78 is 4.88. The lowest BCUT2D eigenvalue weighted by Gasteiger charge is -2.31. The van der Waals surface area contributed by atoms with Crippen LogP contribution in [0.5, 0.6) is 0 Å². The molecule has 1 unspecified atom stereocenters. The summed E-state index contributed by atoms with van der Waals surface area (Å²) in [5.74, 6) is 0.833. The molecule has 1 aromatic heterocycles. The molecule has 3 rings (SSSR count).